The Labute approximate surface area is 91.8 Å². The molecule has 0 aromatic heterocycles. The van der Waals surface area contributed by atoms with Crippen molar-refractivity contribution in [1.82, 2.24) is 0 Å². The van der Waals surface area contributed by atoms with Crippen LogP contribution in [0.15, 0.2) is 42.5 Å². The van der Waals surface area contributed by atoms with Crippen LogP contribution in [-0.4, -0.2) is 12.2 Å². The van der Waals surface area contributed by atoms with E-state index in [1.807, 2.05) is 6.92 Å². The molecule has 0 radical (unpaired) electrons. The van der Waals surface area contributed by atoms with E-state index in [1.54, 1.807) is 0 Å². The van der Waals surface area contributed by atoms with Crippen LogP contribution >= 0.6 is 0 Å². The van der Waals surface area contributed by atoms with Gasteiger partial charge in [-0.2, -0.15) is 0 Å². The van der Waals surface area contributed by atoms with E-state index in [4.69, 9.17) is 4.74 Å². The topological polar surface area (TPSA) is 9.23 Å². The van der Waals surface area contributed by atoms with Crippen LogP contribution in [-0.2, 0) is 4.74 Å². The molecule has 1 nitrogen and oxygen atoms in total. The first-order valence-electron chi connectivity index (χ1n) is 5.47. The minimum Gasteiger partial charge on any atom is -0.370 e. The van der Waals surface area contributed by atoms with Gasteiger partial charge in [0.05, 0.1) is 12.2 Å². The van der Waals surface area contributed by atoms with Gasteiger partial charge in [-0.05, 0) is 31.4 Å². The summed E-state index contributed by atoms with van der Waals surface area (Å²) in [5, 5.41) is 0. The van der Waals surface area contributed by atoms with E-state index in [-0.39, 0.29) is 5.60 Å². The van der Waals surface area contributed by atoms with Crippen LogP contribution in [0.2, 0.25) is 0 Å². The van der Waals surface area contributed by atoms with E-state index in [2.05, 4.69) is 43.8 Å². The molecule has 2 atom stereocenters. The van der Waals surface area contributed by atoms with Crippen molar-refractivity contribution in [2.75, 3.05) is 6.61 Å². The summed E-state index contributed by atoms with van der Waals surface area (Å²) in [6.07, 6.45) is 1.05. The smallest absolute Gasteiger partial charge is 0.0865 e. The molecule has 0 bridgehead atoms. The zero-order valence-electron chi connectivity index (χ0n) is 9.49. The van der Waals surface area contributed by atoms with Crippen LogP contribution in [0.3, 0.4) is 0 Å². The van der Waals surface area contributed by atoms with E-state index >= 15 is 0 Å². The summed E-state index contributed by atoms with van der Waals surface area (Å²) in [5.74, 6) is 0.521. The fourth-order valence-electron chi connectivity index (χ4n) is 2.11. The molecule has 0 saturated carbocycles. The molecule has 15 heavy (non-hydrogen) atoms. The zero-order chi connectivity index (χ0) is 10.9. The van der Waals surface area contributed by atoms with Gasteiger partial charge in [-0.15, -0.1) is 0 Å². The molecule has 2 rings (SSSR count). The summed E-state index contributed by atoms with van der Waals surface area (Å²) in [6.45, 7) is 9.01. The van der Waals surface area contributed by atoms with Crippen molar-refractivity contribution in [2.24, 2.45) is 0 Å². The van der Waals surface area contributed by atoms with Crippen LogP contribution in [0.5, 0.6) is 0 Å². The first-order valence-corrected chi connectivity index (χ1v) is 5.47. The van der Waals surface area contributed by atoms with E-state index in [1.165, 1.54) is 5.56 Å². The number of hydrogen-bond acceptors (Lipinski definition) is 1. The molecule has 0 amide bonds. The zero-order valence-corrected chi connectivity index (χ0v) is 9.49. The number of hydrogen-bond donors (Lipinski definition) is 0. The molecular weight excluding hydrogens is 184 g/mol. The molecule has 1 heterocycles. The minimum absolute atomic E-state index is 0.124. The second kappa shape index (κ2) is 3.82. The van der Waals surface area contributed by atoms with Crippen LogP contribution in [0, 0.1) is 0 Å². The highest BCUT2D eigenvalue weighted by Crippen LogP contribution is 2.39. The third-order valence-corrected chi connectivity index (χ3v) is 3.41. The molecule has 0 unspecified atom stereocenters. The van der Waals surface area contributed by atoms with Crippen LogP contribution < -0.4 is 0 Å². The standard InChI is InChI=1S/C14H18O/c1-11(2)14(3)9-13(10-15-14)12-7-5-4-6-8-12/h4-8,13H,1,9-10H2,2-3H3/t13-,14-/m0/s1. The Morgan fingerprint density at radius 3 is 2.60 bits per heavy atom. The normalized spacial score (nSPS) is 30.4. The van der Waals surface area contributed by atoms with Gasteiger partial charge in [0.1, 0.15) is 0 Å². The lowest BCUT2D eigenvalue weighted by Crippen LogP contribution is -2.23. The molecule has 80 valence electrons. The Bertz CT molecular complexity index is 355. The molecule has 1 aromatic carbocycles. The lowest BCUT2D eigenvalue weighted by atomic mass is 9.87. The first kappa shape index (κ1) is 10.4. The van der Waals surface area contributed by atoms with Gasteiger partial charge in [-0.3, -0.25) is 0 Å². The predicted molar refractivity (Wildman–Crippen MR) is 63.0 cm³/mol. The van der Waals surface area contributed by atoms with Crippen molar-refractivity contribution in [3.63, 3.8) is 0 Å². The summed E-state index contributed by atoms with van der Waals surface area (Å²) < 4.78 is 5.87. The molecule has 0 aliphatic carbocycles. The lowest BCUT2D eigenvalue weighted by molar-refractivity contribution is 0.0510. The van der Waals surface area contributed by atoms with Crippen molar-refractivity contribution in [2.45, 2.75) is 31.8 Å². The largest absolute Gasteiger partial charge is 0.370 e. The summed E-state index contributed by atoms with van der Waals surface area (Å²) in [7, 11) is 0. The van der Waals surface area contributed by atoms with Crippen LogP contribution in [0.4, 0.5) is 0 Å². The average Bonchev–Trinajstić information content (AvgIpc) is 2.64. The molecular formula is C14H18O. The Balaban J connectivity index is 2.14. The fourth-order valence-corrected chi connectivity index (χ4v) is 2.11. The second-order valence-corrected chi connectivity index (χ2v) is 4.63. The van der Waals surface area contributed by atoms with E-state index in [0.29, 0.717) is 5.92 Å². The van der Waals surface area contributed by atoms with E-state index in [0.717, 1.165) is 18.6 Å². The Morgan fingerprint density at radius 1 is 1.40 bits per heavy atom. The lowest BCUT2D eigenvalue weighted by Gasteiger charge is -2.23. The third kappa shape index (κ3) is 1.98. The maximum Gasteiger partial charge on any atom is 0.0865 e. The van der Waals surface area contributed by atoms with Gasteiger partial charge in [0.15, 0.2) is 0 Å². The quantitative estimate of drug-likeness (QED) is 0.667. The number of ether oxygens (including phenoxy) is 1. The summed E-state index contributed by atoms with van der Waals surface area (Å²) in [4.78, 5) is 0. The van der Waals surface area contributed by atoms with Crippen molar-refractivity contribution >= 4 is 0 Å². The Morgan fingerprint density at radius 2 is 2.07 bits per heavy atom. The van der Waals surface area contributed by atoms with Gasteiger partial charge in [-0.25, -0.2) is 0 Å². The predicted octanol–water partition coefficient (Wildman–Crippen LogP) is 3.53. The van der Waals surface area contributed by atoms with E-state index in [9.17, 15) is 0 Å². The summed E-state index contributed by atoms with van der Waals surface area (Å²) in [6, 6.07) is 10.6. The third-order valence-electron chi connectivity index (χ3n) is 3.41. The highest BCUT2D eigenvalue weighted by molar-refractivity contribution is 5.24. The van der Waals surface area contributed by atoms with Gasteiger partial charge in [-0.1, -0.05) is 36.9 Å². The molecule has 1 aliphatic heterocycles. The van der Waals surface area contributed by atoms with Crippen molar-refractivity contribution < 1.29 is 4.74 Å². The molecule has 0 spiro atoms. The van der Waals surface area contributed by atoms with Crippen molar-refractivity contribution in [1.29, 1.82) is 0 Å². The highest BCUT2D eigenvalue weighted by atomic mass is 16.5. The molecule has 1 aromatic rings. The van der Waals surface area contributed by atoms with Crippen molar-refractivity contribution in [3.8, 4) is 0 Å². The molecule has 1 aliphatic rings. The summed E-state index contributed by atoms with van der Waals surface area (Å²) >= 11 is 0. The fraction of sp³-hybridized carbons (Fsp3) is 0.429. The highest BCUT2D eigenvalue weighted by Gasteiger charge is 2.37. The van der Waals surface area contributed by atoms with Crippen LogP contribution in [0.25, 0.3) is 0 Å². The molecule has 1 heteroatoms. The molecule has 1 saturated heterocycles. The number of benzene rings is 1. The first-order chi connectivity index (χ1) is 7.12. The SMILES string of the molecule is C=C(C)[C@]1(C)C[C@H](c2ccccc2)CO1. The maximum absolute atomic E-state index is 5.87. The maximum atomic E-state index is 5.87. The van der Waals surface area contributed by atoms with Gasteiger partial charge in [0.2, 0.25) is 0 Å². The summed E-state index contributed by atoms with van der Waals surface area (Å²) in [5.41, 5.74) is 2.38. The average molecular weight is 202 g/mol. The molecule has 1 fully saturated rings. The minimum atomic E-state index is -0.124. The number of rotatable bonds is 2. The Kier molecular flexibility index (Phi) is 2.66. The van der Waals surface area contributed by atoms with Gasteiger partial charge in [0, 0.05) is 5.92 Å². The second-order valence-electron chi connectivity index (χ2n) is 4.63. The monoisotopic (exact) mass is 202 g/mol. The van der Waals surface area contributed by atoms with Gasteiger partial charge >= 0.3 is 0 Å². The molecule has 0 N–H and O–H groups in total. The van der Waals surface area contributed by atoms with E-state index < -0.39 is 0 Å². The Hall–Kier alpha value is -1.08. The van der Waals surface area contributed by atoms with Gasteiger partial charge < -0.3 is 4.74 Å². The van der Waals surface area contributed by atoms with Crippen LogP contribution in [0.1, 0.15) is 31.7 Å². The van der Waals surface area contributed by atoms with Crippen molar-refractivity contribution in [3.05, 3.63) is 48.0 Å². The van der Waals surface area contributed by atoms with Gasteiger partial charge in [0.25, 0.3) is 0 Å².